The van der Waals surface area contributed by atoms with Gasteiger partial charge in [-0.05, 0) is 34.5 Å². The molecule has 0 fully saturated rings. The van der Waals surface area contributed by atoms with Crippen LogP contribution in [0.3, 0.4) is 0 Å². The number of rotatable bonds is 5. The van der Waals surface area contributed by atoms with Gasteiger partial charge in [0, 0.05) is 29.3 Å². The van der Waals surface area contributed by atoms with E-state index in [0.717, 1.165) is 16.6 Å². The fraction of sp³-hybridized carbons (Fsp3) is 0.267. The van der Waals surface area contributed by atoms with Crippen LogP contribution in [-0.4, -0.2) is 22.0 Å². The molecular weight excluding hydrogens is 334 g/mol. The zero-order valence-electron chi connectivity index (χ0n) is 11.7. The lowest BCUT2D eigenvalue weighted by atomic mass is 10.2. The average molecular weight is 350 g/mol. The number of benzene rings is 1. The number of amides is 1. The van der Waals surface area contributed by atoms with E-state index in [1.54, 1.807) is 12.1 Å². The van der Waals surface area contributed by atoms with Crippen molar-refractivity contribution in [2.24, 2.45) is 0 Å². The van der Waals surface area contributed by atoms with E-state index in [9.17, 15) is 9.59 Å². The van der Waals surface area contributed by atoms with E-state index in [4.69, 9.17) is 0 Å². The second-order valence-corrected chi connectivity index (χ2v) is 5.36. The third-order valence-electron chi connectivity index (χ3n) is 3.06. The molecule has 1 amide bonds. The van der Waals surface area contributed by atoms with Crippen LogP contribution < -0.4 is 10.9 Å². The van der Waals surface area contributed by atoms with Crippen LogP contribution in [0.4, 0.5) is 0 Å². The van der Waals surface area contributed by atoms with Crippen LogP contribution in [0.25, 0.3) is 0 Å². The lowest BCUT2D eigenvalue weighted by Crippen LogP contribution is -2.31. The molecule has 6 heteroatoms. The first-order chi connectivity index (χ1) is 10.1. The summed E-state index contributed by atoms with van der Waals surface area (Å²) < 4.78 is 2.23. The standard InChI is InChI=1S/C15H16BrN3O2/c1-2-11-9-14(20)19(10-18-11)8-7-17-15(21)12-5-3-4-6-13(12)16/h3-6,9-10H,2,7-8H2,1H3,(H,17,21). The van der Waals surface area contributed by atoms with E-state index >= 15 is 0 Å². The van der Waals surface area contributed by atoms with E-state index in [0.29, 0.717) is 18.7 Å². The van der Waals surface area contributed by atoms with Crippen LogP contribution in [0, 0.1) is 0 Å². The van der Waals surface area contributed by atoms with Crippen LogP contribution in [-0.2, 0) is 13.0 Å². The van der Waals surface area contributed by atoms with E-state index in [2.05, 4.69) is 26.2 Å². The molecule has 0 atom stereocenters. The molecule has 0 saturated heterocycles. The summed E-state index contributed by atoms with van der Waals surface area (Å²) in [5.41, 5.74) is 1.25. The quantitative estimate of drug-likeness (QED) is 0.897. The number of nitrogens with one attached hydrogen (secondary N) is 1. The van der Waals surface area contributed by atoms with Gasteiger partial charge in [-0.2, -0.15) is 0 Å². The Labute approximate surface area is 131 Å². The molecule has 1 aromatic carbocycles. The first-order valence-corrected chi connectivity index (χ1v) is 7.49. The second kappa shape index (κ2) is 7.17. The Bertz CT molecular complexity index is 697. The van der Waals surface area contributed by atoms with E-state index < -0.39 is 0 Å². The van der Waals surface area contributed by atoms with Gasteiger partial charge in [-0.15, -0.1) is 0 Å². The SMILES string of the molecule is CCc1cc(=O)n(CCNC(=O)c2ccccc2Br)cn1. The molecule has 1 heterocycles. The minimum atomic E-state index is -0.173. The Balaban J connectivity index is 1.94. The number of nitrogens with zero attached hydrogens (tertiary/aromatic N) is 2. The number of aromatic nitrogens is 2. The highest BCUT2D eigenvalue weighted by Gasteiger charge is 2.08. The molecule has 1 N–H and O–H groups in total. The topological polar surface area (TPSA) is 64.0 Å². The van der Waals surface area contributed by atoms with Crippen LogP contribution >= 0.6 is 15.9 Å². The van der Waals surface area contributed by atoms with Gasteiger partial charge in [-0.3, -0.25) is 14.2 Å². The van der Waals surface area contributed by atoms with Gasteiger partial charge in [0.2, 0.25) is 0 Å². The number of aryl methyl sites for hydroxylation is 1. The van der Waals surface area contributed by atoms with Crippen LogP contribution in [0.15, 0.2) is 45.9 Å². The number of halogens is 1. The van der Waals surface area contributed by atoms with Crippen molar-refractivity contribution in [2.75, 3.05) is 6.54 Å². The van der Waals surface area contributed by atoms with E-state index in [1.807, 2.05) is 19.1 Å². The summed E-state index contributed by atoms with van der Waals surface area (Å²) in [5.74, 6) is -0.173. The Morgan fingerprint density at radius 1 is 1.38 bits per heavy atom. The van der Waals surface area contributed by atoms with Crippen LogP contribution in [0.5, 0.6) is 0 Å². The average Bonchev–Trinajstić information content (AvgIpc) is 2.49. The van der Waals surface area contributed by atoms with Crippen molar-refractivity contribution < 1.29 is 4.79 Å². The summed E-state index contributed by atoms with van der Waals surface area (Å²) in [5, 5.41) is 2.79. The molecule has 0 radical (unpaired) electrons. The molecule has 0 spiro atoms. The number of hydrogen-bond acceptors (Lipinski definition) is 3. The van der Waals surface area contributed by atoms with Gasteiger partial charge in [0.25, 0.3) is 11.5 Å². The number of carbonyl (C=O) groups is 1. The maximum atomic E-state index is 12.0. The molecule has 110 valence electrons. The first-order valence-electron chi connectivity index (χ1n) is 6.70. The first kappa shape index (κ1) is 15.4. The smallest absolute Gasteiger partial charge is 0.253 e. The van der Waals surface area contributed by atoms with Crippen molar-refractivity contribution in [1.29, 1.82) is 0 Å². The Morgan fingerprint density at radius 3 is 2.81 bits per heavy atom. The van der Waals surface area contributed by atoms with E-state index in [-0.39, 0.29) is 11.5 Å². The molecule has 0 unspecified atom stereocenters. The molecule has 0 aliphatic heterocycles. The summed E-state index contributed by atoms with van der Waals surface area (Å²) in [6.07, 6.45) is 2.25. The number of carbonyl (C=O) groups excluding carboxylic acids is 1. The summed E-state index contributed by atoms with van der Waals surface area (Å²) in [4.78, 5) is 28.0. The Hall–Kier alpha value is -1.95. The molecular formula is C15H16BrN3O2. The molecule has 2 rings (SSSR count). The lowest BCUT2D eigenvalue weighted by Gasteiger charge is -2.08. The third-order valence-corrected chi connectivity index (χ3v) is 3.75. The Kier molecular flexibility index (Phi) is 5.27. The Morgan fingerprint density at radius 2 is 2.14 bits per heavy atom. The molecule has 5 nitrogen and oxygen atoms in total. The maximum absolute atomic E-state index is 12.0. The minimum absolute atomic E-state index is 0.100. The largest absolute Gasteiger partial charge is 0.350 e. The third kappa shape index (κ3) is 4.01. The van der Waals surface area contributed by atoms with Crippen LogP contribution in [0.2, 0.25) is 0 Å². The van der Waals surface area contributed by atoms with Crippen molar-refractivity contribution in [3.63, 3.8) is 0 Å². The summed E-state index contributed by atoms with van der Waals surface area (Å²) in [6, 6.07) is 8.73. The molecule has 0 aliphatic carbocycles. The normalized spacial score (nSPS) is 10.4. The molecule has 2 aromatic rings. The monoisotopic (exact) mass is 349 g/mol. The van der Waals surface area contributed by atoms with Gasteiger partial charge < -0.3 is 5.32 Å². The zero-order chi connectivity index (χ0) is 15.2. The highest BCUT2D eigenvalue weighted by Crippen LogP contribution is 2.15. The summed E-state index contributed by atoms with van der Waals surface area (Å²) in [7, 11) is 0. The predicted octanol–water partition coefficient (Wildman–Crippen LogP) is 2.00. The van der Waals surface area contributed by atoms with Gasteiger partial charge in [0.15, 0.2) is 0 Å². The van der Waals surface area contributed by atoms with E-state index in [1.165, 1.54) is 17.0 Å². The molecule has 0 saturated carbocycles. The van der Waals surface area contributed by atoms with Crippen molar-refractivity contribution in [3.05, 3.63) is 62.7 Å². The van der Waals surface area contributed by atoms with Crippen LogP contribution in [0.1, 0.15) is 23.0 Å². The van der Waals surface area contributed by atoms with Gasteiger partial charge in [0.1, 0.15) is 0 Å². The zero-order valence-corrected chi connectivity index (χ0v) is 13.3. The van der Waals surface area contributed by atoms with Gasteiger partial charge >= 0.3 is 0 Å². The highest BCUT2D eigenvalue weighted by molar-refractivity contribution is 9.10. The van der Waals surface area contributed by atoms with Crippen molar-refractivity contribution in [2.45, 2.75) is 19.9 Å². The van der Waals surface area contributed by atoms with Gasteiger partial charge in [-0.1, -0.05) is 19.1 Å². The lowest BCUT2D eigenvalue weighted by molar-refractivity contribution is 0.0951. The second-order valence-electron chi connectivity index (χ2n) is 4.50. The fourth-order valence-corrected chi connectivity index (χ4v) is 2.32. The minimum Gasteiger partial charge on any atom is -0.350 e. The summed E-state index contributed by atoms with van der Waals surface area (Å²) in [6.45, 7) is 2.71. The highest BCUT2D eigenvalue weighted by atomic mass is 79.9. The maximum Gasteiger partial charge on any atom is 0.253 e. The molecule has 21 heavy (non-hydrogen) atoms. The predicted molar refractivity (Wildman–Crippen MR) is 84.4 cm³/mol. The van der Waals surface area contributed by atoms with Crippen molar-refractivity contribution in [1.82, 2.24) is 14.9 Å². The fourth-order valence-electron chi connectivity index (χ4n) is 1.86. The van der Waals surface area contributed by atoms with Gasteiger partial charge in [-0.25, -0.2) is 4.98 Å². The summed E-state index contributed by atoms with van der Waals surface area (Å²) >= 11 is 3.34. The van der Waals surface area contributed by atoms with Crippen molar-refractivity contribution in [3.8, 4) is 0 Å². The molecule has 1 aromatic heterocycles. The number of hydrogen-bond donors (Lipinski definition) is 1. The van der Waals surface area contributed by atoms with Gasteiger partial charge in [0.05, 0.1) is 11.9 Å². The van der Waals surface area contributed by atoms with Crippen molar-refractivity contribution >= 4 is 21.8 Å². The molecule has 0 bridgehead atoms. The molecule has 0 aliphatic rings.